The Bertz CT molecular complexity index is 1190. The summed E-state index contributed by atoms with van der Waals surface area (Å²) in [6.07, 6.45) is -0.00921. The number of aromatic nitrogens is 1. The van der Waals surface area contributed by atoms with E-state index >= 15 is 0 Å². The first-order valence-corrected chi connectivity index (χ1v) is 11.1. The van der Waals surface area contributed by atoms with Crippen LogP contribution in [0.25, 0.3) is 21.1 Å². The van der Waals surface area contributed by atoms with Gasteiger partial charge < -0.3 is 10.1 Å². The summed E-state index contributed by atoms with van der Waals surface area (Å²) in [4.78, 5) is 30.9. The van der Waals surface area contributed by atoms with Gasteiger partial charge in [-0.2, -0.15) is 0 Å². The van der Waals surface area contributed by atoms with Crippen molar-refractivity contribution in [3.8, 4) is 21.1 Å². The molecule has 4 aromatic rings. The molecule has 2 aromatic heterocycles. The van der Waals surface area contributed by atoms with Gasteiger partial charge in [-0.3, -0.25) is 9.59 Å². The molecule has 0 fully saturated rings. The second kappa shape index (κ2) is 9.63. The van der Waals surface area contributed by atoms with Crippen LogP contribution in [0.5, 0.6) is 0 Å². The zero-order valence-corrected chi connectivity index (χ0v) is 17.8. The Hall–Kier alpha value is -3.36. The van der Waals surface area contributed by atoms with E-state index in [9.17, 15) is 14.0 Å². The minimum absolute atomic E-state index is 0.00921. The zero-order valence-electron chi connectivity index (χ0n) is 16.2. The number of benzene rings is 2. The van der Waals surface area contributed by atoms with E-state index in [1.807, 2.05) is 47.8 Å². The largest absolute Gasteiger partial charge is 0.455 e. The van der Waals surface area contributed by atoms with Crippen LogP contribution >= 0.6 is 22.7 Å². The molecular formula is C23H17FN2O3S2. The molecule has 0 aliphatic rings. The predicted molar refractivity (Wildman–Crippen MR) is 121 cm³/mol. The Balaban J connectivity index is 1.44. The van der Waals surface area contributed by atoms with Gasteiger partial charge in [-0.25, -0.2) is 9.37 Å². The molecule has 0 saturated carbocycles. The number of anilines is 1. The summed E-state index contributed by atoms with van der Waals surface area (Å²) in [7, 11) is 0. The van der Waals surface area contributed by atoms with Gasteiger partial charge in [-0.05, 0) is 23.6 Å². The van der Waals surface area contributed by atoms with Crippen molar-refractivity contribution in [1.82, 2.24) is 4.98 Å². The van der Waals surface area contributed by atoms with Crippen LogP contribution in [0, 0.1) is 5.82 Å². The zero-order chi connectivity index (χ0) is 21.6. The molecule has 8 heteroatoms. The summed E-state index contributed by atoms with van der Waals surface area (Å²) in [6, 6.07) is 19.4. The summed E-state index contributed by atoms with van der Waals surface area (Å²) in [5.74, 6) is -1.71. The van der Waals surface area contributed by atoms with Crippen molar-refractivity contribution < 1.29 is 18.7 Å². The molecule has 0 saturated heterocycles. The number of thiophene rings is 1. The number of ether oxygens (including phenoxy) is 1. The maximum absolute atomic E-state index is 13.6. The van der Waals surface area contributed by atoms with Crippen LogP contribution < -0.4 is 5.32 Å². The number of para-hydroxylation sites is 1. The average Bonchev–Trinajstić information content (AvgIpc) is 3.45. The minimum Gasteiger partial charge on any atom is -0.455 e. The molecule has 0 aliphatic heterocycles. The second-order valence-electron chi connectivity index (χ2n) is 6.50. The van der Waals surface area contributed by atoms with E-state index in [0.717, 1.165) is 26.0 Å². The van der Waals surface area contributed by atoms with Crippen molar-refractivity contribution >= 4 is 40.2 Å². The third-order valence-electron chi connectivity index (χ3n) is 4.29. The fourth-order valence-corrected chi connectivity index (χ4v) is 4.73. The summed E-state index contributed by atoms with van der Waals surface area (Å²) in [5.41, 5.74) is 1.75. The molecule has 2 aromatic carbocycles. The number of rotatable bonds is 7. The van der Waals surface area contributed by atoms with Gasteiger partial charge in [0.1, 0.15) is 10.8 Å². The number of carbonyl (C=O) groups excluding carboxylic acids is 2. The van der Waals surface area contributed by atoms with Crippen molar-refractivity contribution in [3.63, 3.8) is 0 Å². The van der Waals surface area contributed by atoms with Gasteiger partial charge in [-0.15, -0.1) is 22.7 Å². The number of esters is 1. The van der Waals surface area contributed by atoms with Gasteiger partial charge in [0.2, 0.25) is 0 Å². The number of halogens is 1. The fourth-order valence-electron chi connectivity index (χ4n) is 2.86. The highest BCUT2D eigenvalue weighted by Crippen LogP contribution is 2.36. The highest BCUT2D eigenvalue weighted by atomic mass is 32.1. The van der Waals surface area contributed by atoms with E-state index in [-0.39, 0.29) is 12.1 Å². The molecule has 0 bridgehead atoms. The summed E-state index contributed by atoms with van der Waals surface area (Å²) in [5, 5.41) is 5.15. The third-order valence-corrected chi connectivity index (χ3v) is 6.27. The van der Waals surface area contributed by atoms with E-state index in [0.29, 0.717) is 0 Å². The predicted octanol–water partition coefficient (Wildman–Crippen LogP) is 5.40. The van der Waals surface area contributed by atoms with Gasteiger partial charge in [0.15, 0.2) is 6.61 Å². The number of hydrogen-bond acceptors (Lipinski definition) is 6. The number of nitrogens with one attached hydrogen (secondary N) is 1. The van der Waals surface area contributed by atoms with Crippen LogP contribution in [0.1, 0.15) is 4.88 Å². The van der Waals surface area contributed by atoms with Crippen molar-refractivity contribution in [2.75, 3.05) is 11.9 Å². The Morgan fingerprint density at radius 2 is 1.77 bits per heavy atom. The number of amides is 1. The summed E-state index contributed by atoms with van der Waals surface area (Å²) in [6.45, 7) is -0.494. The standard InChI is InChI=1S/C23H17FN2O3S2/c24-16-9-4-5-10-17(16)25-20(27)14-29-21(28)13-19-22(18-11-6-12-30-18)26-23(31-19)15-7-2-1-3-8-15/h1-12H,13-14H2,(H,25,27). The topological polar surface area (TPSA) is 68.3 Å². The average molecular weight is 453 g/mol. The molecule has 156 valence electrons. The van der Waals surface area contributed by atoms with E-state index in [1.54, 1.807) is 6.07 Å². The van der Waals surface area contributed by atoms with Crippen molar-refractivity contribution in [1.29, 1.82) is 0 Å². The third kappa shape index (κ3) is 5.22. The lowest BCUT2D eigenvalue weighted by Crippen LogP contribution is -2.22. The highest BCUT2D eigenvalue weighted by molar-refractivity contribution is 7.17. The normalized spacial score (nSPS) is 10.6. The van der Waals surface area contributed by atoms with Gasteiger partial charge in [0.25, 0.3) is 5.91 Å². The van der Waals surface area contributed by atoms with Gasteiger partial charge in [0.05, 0.1) is 22.7 Å². The van der Waals surface area contributed by atoms with Gasteiger partial charge >= 0.3 is 5.97 Å². The number of thiazole rings is 1. The first-order chi connectivity index (χ1) is 15.1. The van der Waals surface area contributed by atoms with E-state index in [4.69, 9.17) is 9.72 Å². The maximum atomic E-state index is 13.6. The monoisotopic (exact) mass is 452 g/mol. The van der Waals surface area contributed by atoms with E-state index < -0.39 is 24.3 Å². The molecule has 0 spiro atoms. The van der Waals surface area contributed by atoms with Crippen LogP contribution in [-0.2, 0) is 20.7 Å². The number of nitrogens with zero attached hydrogens (tertiary/aromatic N) is 1. The van der Waals surface area contributed by atoms with Crippen LogP contribution in [0.4, 0.5) is 10.1 Å². The first-order valence-electron chi connectivity index (χ1n) is 9.39. The summed E-state index contributed by atoms with van der Waals surface area (Å²) >= 11 is 2.96. The van der Waals surface area contributed by atoms with E-state index in [2.05, 4.69) is 5.32 Å². The lowest BCUT2D eigenvalue weighted by atomic mass is 10.2. The van der Waals surface area contributed by atoms with Crippen LogP contribution in [0.3, 0.4) is 0 Å². The smallest absolute Gasteiger partial charge is 0.311 e. The molecule has 1 N–H and O–H groups in total. The molecule has 1 amide bonds. The number of hydrogen-bond donors (Lipinski definition) is 1. The Morgan fingerprint density at radius 1 is 1.00 bits per heavy atom. The molecule has 0 atom stereocenters. The van der Waals surface area contributed by atoms with Crippen LogP contribution in [-0.4, -0.2) is 23.5 Å². The highest BCUT2D eigenvalue weighted by Gasteiger charge is 2.19. The van der Waals surface area contributed by atoms with Gasteiger partial charge in [-0.1, -0.05) is 48.5 Å². The minimum atomic E-state index is -0.605. The molecule has 0 aliphatic carbocycles. The van der Waals surface area contributed by atoms with Gasteiger partial charge in [0, 0.05) is 10.4 Å². The van der Waals surface area contributed by atoms with Crippen molar-refractivity contribution in [2.24, 2.45) is 0 Å². The molecule has 5 nitrogen and oxygen atoms in total. The van der Waals surface area contributed by atoms with Crippen LogP contribution in [0.2, 0.25) is 0 Å². The molecule has 4 rings (SSSR count). The second-order valence-corrected chi connectivity index (χ2v) is 8.53. The molecule has 31 heavy (non-hydrogen) atoms. The molecule has 0 radical (unpaired) electrons. The molecule has 0 unspecified atom stereocenters. The Kier molecular flexibility index (Phi) is 6.49. The quantitative estimate of drug-likeness (QED) is 0.381. The van der Waals surface area contributed by atoms with Crippen molar-refractivity contribution in [3.05, 3.63) is 82.8 Å². The number of carbonyl (C=O) groups is 2. The fraction of sp³-hybridized carbons (Fsp3) is 0.0870. The van der Waals surface area contributed by atoms with Crippen molar-refractivity contribution in [2.45, 2.75) is 6.42 Å². The molecule has 2 heterocycles. The maximum Gasteiger partial charge on any atom is 0.311 e. The SMILES string of the molecule is O=C(COC(=O)Cc1sc(-c2ccccc2)nc1-c1cccs1)Nc1ccccc1F. The molecular weight excluding hydrogens is 435 g/mol. The first kappa shape index (κ1) is 20.9. The Morgan fingerprint density at radius 3 is 2.52 bits per heavy atom. The summed E-state index contributed by atoms with van der Waals surface area (Å²) < 4.78 is 18.7. The Labute approximate surface area is 186 Å². The lowest BCUT2D eigenvalue weighted by Gasteiger charge is -2.07. The van der Waals surface area contributed by atoms with E-state index in [1.165, 1.54) is 40.9 Å². The van der Waals surface area contributed by atoms with Crippen LogP contribution in [0.15, 0.2) is 72.1 Å². The lowest BCUT2D eigenvalue weighted by molar-refractivity contribution is -0.146.